The Morgan fingerprint density at radius 3 is 1.91 bits per heavy atom. The van der Waals surface area contributed by atoms with Gasteiger partial charge < -0.3 is 9.64 Å². The standard InChI is InChI=1S/C11H14Cl2N2O5S2/c1-21(16,17)10-8(13)7(12)9(11(14-10)22(2,18)19)15-3-5-20-6-4-15/h3-6H2,1-2H3. The van der Waals surface area contributed by atoms with E-state index in [9.17, 15) is 16.8 Å². The smallest absolute Gasteiger partial charge is 0.194 e. The van der Waals surface area contributed by atoms with E-state index in [0.717, 1.165) is 12.5 Å². The van der Waals surface area contributed by atoms with Crippen molar-refractivity contribution in [3.63, 3.8) is 0 Å². The van der Waals surface area contributed by atoms with Crippen molar-refractivity contribution in [3.05, 3.63) is 10.0 Å². The summed E-state index contributed by atoms with van der Waals surface area (Å²) in [5.74, 6) is 0. The summed E-state index contributed by atoms with van der Waals surface area (Å²) in [5.41, 5.74) is 0.116. The zero-order valence-electron chi connectivity index (χ0n) is 11.8. The number of halogens is 2. The SMILES string of the molecule is CS(=O)(=O)c1nc(S(C)(=O)=O)c(N2CCOCC2)c(Cl)c1Cl. The molecule has 0 radical (unpaired) electrons. The maximum absolute atomic E-state index is 12.0. The highest BCUT2D eigenvalue weighted by molar-refractivity contribution is 7.91. The summed E-state index contributed by atoms with van der Waals surface area (Å²) >= 11 is 12.2. The molecule has 0 spiro atoms. The van der Waals surface area contributed by atoms with Gasteiger partial charge in [0, 0.05) is 25.6 Å². The molecule has 0 saturated carbocycles. The lowest BCUT2D eigenvalue weighted by Crippen LogP contribution is -2.37. The number of ether oxygens (including phenoxy) is 1. The molecule has 0 aromatic carbocycles. The molecule has 0 atom stereocenters. The third-order valence-electron chi connectivity index (χ3n) is 3.02. The molecule has 1 aromatic heterocycles. The van der Waals surface area contributed by atoms with Crippen LogP contribution in [0.25, 0.3) is 0 Å². The summed E-state index contributed by atoms with van der Waals surface area (Å²) in [6, 6.07) is 0. The van der Waals surface area contributed by atoms with E-state index in [1.54, 1.807) is 4.90 Å². The van der Waals surface area contributed by atoms with Crippen LogP contribution >= 0.6 is 23.2 Å². The van der Waals surface area contributed by atoms with E-state index >= 15 is 0 Å². The third-order valence-corrected chi connectivity index (χ3v) is 5.95. The fraction of sp³-hybridized carbons (Fsp3) is 0.545. The lowest BCUT2D eigenvalue weighted by atomic mass is 10.3. The Hall–Kier alpha value is -0.610. The van der Waals surface area contributed by atoms with E-state index in [2.05, 4.69) is 4.98 Å². The minimum Gasteiger partial charge on any atom is -0.378 e. The van der Waals surface area contributed by atoms with Gasteiger partial charge in [-0.05, 0) is 0 Å². The highest BCUT2D eigenvalue weighted by Gasteiger charge is 2.30. The molecule has 0 N–H and O–H groups in total. The van der Waals surface area contributed by atoms with Gasteiger partial charge in [0.05, 0.1) is 28.9 Å². The molecule has 0 unspecified atom stereocenters. The monoisotopic (exact) mass is 388 g/mol. The number of pyridine rings is 1. The van der Waals surface area contributed by atoms with Crippen LogP contribution in [0, 0.1) is 0 Å². The molecular weight excluding hydrogens is 375 g/mol. The zero-order chi connectivity index (χ0) is 16.7. The van der Waals surface area contributed by atoms with Crippen molar-refractivity contribution in [1.29, 1.82) is 0 Å². The van der Waals surface area contributed by atoms with Crippen molar-refractivity contribution < 1.29 is 21.6 Å². The number of aromatic nitrogens is 1. The van der Waals surface area contributed by atoms with Crippen LogP contribution in [-0.4, -0.2) is 60.6 Å². The summed E-state index contributed by atoms with van der Waals surface area (Å²) in [5, 5.41) is -1.36. The van der Waals surface area contributed by atoms with Crippen LogP contribution in [0.1, 0.15) is 0 Å². The number of anilines is 1. The Morgan fingerprint density at radius 2 is 1.45 bits per heavy atom. The van der Waals surface area contributed by atoms with Gasteiger partial charge in [0.2, 0.25) is 0 Å². The molecule has 1 fully saturated rings. The summed E-state index contributed by atoms with van der Waals surface area (Å²) in [6.07, 6.45) is 1.83. The molecule has 2 heterocycles. The minimum atomic E-state index is -3.82. The second-order valence-electron chi connectivity index (χ2n) is 4.84. The van der Waals surface area contributed by atoms with Gasteiger partial charge >= 0.3 is 0 Å². The van der Waals surface area contributed by atoms with Crippen LogP contribution in [0.5, 0.6) is 0 Å². The first-order valence-electron chi connectivity index (χ1n) is 6.15. The summed E-state index contributed by atoms with van der Waals surface area (Å²) < 4.78 is 52.7. The summed E-state index contributed by atoms with van der Waals surface area (Å²) in [4.78, 5) is 5.45. The molecule has 0 amide bonds. The van der Waals surface area contributed by atoms with Crippen LogP contribution < -0.4 is 4.90 Å². The first-order chi connectivity index (χ1) is 10.0. The topological polar surface area (TPSA) is 93.6 Å². The van der Waals surface area contributed by atoms with E-state index in [1.807, 2.05) is 0 Å². The van der Waals surface area contributed by atoms with Crippen molar-refractivity contribution in [1.82, 2.24) is 4.98 Å². The number of hydrogen-bond acceptors (Lipinski definition) is 7. The zero-order valence-corrected chi connectivity index (χ0v) is 15.0. The number of nitrogens with zero attached hydrogens (tertiary/aromatic N) is 2. The lowest BCUT2D eigenvalue weighted by molar-refractivity contribution is 0.122. The van der Waals surface area contributed by atoms with Crippen molar-refractivity contribution in [2.75, 3.05) is 43.7 Å². The van der Waals surface area contributed by atoms with Gasteiger partial charge in [-0.1, -0.05) is 23.2 Å². The lowest BCUT2D eigenvalue weighted by Gasteiger charge is -2.31. The molecule has 0 bridgehead atoms. The molecule has 1 aliphatic rings. The maximum Gasteiger partial charge on any atom is 0.194 e. The minimum absolute atomic E-state index is 0.116. The van der Waals surface area contributed by atoms with Crippen molar-refractivity contribution >= 4 is 48.6 Å². The van der Waals surface area contributed by atoms with E-state index in [0.29, 0.717) is 26.3 Å². The summed E-state index contributed by atoms with van der Waals surface area (Å²) in [7, 11) is -7.63. The molecule has 11 heteroatoms. The molecule has 2 rings (SSSR count). The molecule has 22 heavy (non-hydrogen) atoms. The first-order valence-corrected chi connectivity index (χ1v) is 10.7. The Morgan fingerprint density at radius 1 is 0.955 bits per heavy atom. The second kappa shape index (κ2) is 6.12. The van der Waals surface area contributed by atoms with Gasteiger partial charge in [-0.2, -0.15) is 0 Å². The van der Waals surface area contributed by atoms with Crippen LogP contribution in [0.15, 0.2) is 10.1 Å². The predicted octanol–water partition coefficient (Wildman–Crippen LogP) is 1.03. The molecule has 1 aliphatic heterocycles. The van der Waals surface area contributed by atoms with Crippen LogP contribution in [0.3, 0.4) is 0 Å². The Labute approximate surface area is 139 Å². The van der Waals surface area contributed by atoms with Crippen LogP contribution in [0.2, 0.25) is 10.0 Å². The average molecular weight is 389 g/mol. The van der Waals surface area contributed by atoms with Crippen molar-refractivity contribution in [3.8, 4) is 0 Å². The summed E-state index contributed by atoms with van der Waals surface area (Å²) in [6.45, 7) is 1.59. The van der Waals surface area contributed by atoms with Crippen molar-refractivity contribution in [2.45, 2.75) is 10.1 Å². The Bertz CT molecular complexity index is 802. The second-order valence-corrected chi connectivity index (χ2v) is 9.46. The average Bonchev–Trinajstić information content (AvgIpc) is 2.39. The number of morpholine rings is 1. The van der Waals surface area contributed by atoms with Crippen LogP contribution in [-0.2, 0) is 24.4 Å². The van der Waals surface area contributed by atoms with Gasteiger partial charge in [0.15, 0.2) is 29.7 Å². The predicted molar refractivity (Wildman–Crippen MR) is 83.5 cm³/mol. The Kier molecular flexibility index (Phi) is 4.94. The molecule has 1 aromatic rings. The fourth-order valence-electron chi connectivity index (χ4n) is 2.05. The van der Waals surface area contributed by atoms with Gasteiger partial charge in [-0.25, -0.2) is 21.8 Å². The Balaban J connectivity index is 2.80. The van der Waals surface area contributed by atoms with Gasteiger partial charge in [-0.15, -0.1) is 0 Å². The largest absolute Gasteiger partial charge is 0.378 e. The highest BCUT2D eigenvalue weighted by atomic mass is 35.5. The van der Waals surface area contributed by atoms with Crippen molar-refractivity contribution in [2.24, 2.45) is 0 Å². The molecule has 1 saturated heterocycles. The molecular formula is C11H14Cl2N2O5S2. The van der Waals surface area contributed by atoms with Gasteiger partial charge in [0.25, 0.3) is 0 Å². The maximum atomic E-state index is 12.0. The quantitative estimate of drug-likeness (QED) is 0.762. The van der Waals surface area contributed by atoms with E-state index < -0.39 is 29.7 Å². The third kappa shape index (κ3) is 3.48. The number of hydrogen-bond donors (Lipinski definition) is 0. The number of rotatable bonds is 3. The van der Waals surface area contributed by atoms with Gasteiger partial charge in [0.1, 0.15) is 0 Å². The first kappa shape index (κ1) is 17.7. The number of sulfone groups is 2. The van der Waals surface area contributed by atoms with Crippen LogP contribution in [0.4, 0.5) is 5.69 Å². The van der Waals surface area contributed by atoms with E-state index in [-0.39, 0.29) is 15.7 Å². The molecule has 7 nitrogen and oxygen atoms in total. The highest BCUT2D eigenvalue weighted by Crippen LogP contribution is 2.40. The molecule has 124 valence electrons. The fourth-order valence-corrected chi connectivity index (χ4v) is 4.60. The van der Waals surface area contributed by atoms with E-state index in [1.165, 1.54) is 0 Å². The molecule has 0 aliphatic carbocycles. The van der Waals surface area contributed by atoms with E-state index in [4.69, 9.17) is 27.9 Å². The van der Waals surface area contributed by atoms with Gasteiger partial charge in [-0.3, -0.25) is 0 Å². The normalized spacial score (nSPS) is 16.8.